The van der Waals surface area contributed by atoms with E-state index in [1.807, 2.05) is 18.2 Å². The summed E-state index contributed by atoms with van der Waals surface area (Å²) in [4.78, 5) is 0. The van der Waals surface area contributed by atoms with E-state index in [-0.39, 0.29) is 0 Å². The minimum Gasteiger partial charge on any atom is -0.493 e. The van der Waals surface area contributed by atoms with Crippen molar-refractivity contribution >= 4 is 0 Å². The lowest BCUT2D eigenvalue weighted by atomic mass is 10.2. The number of rotatable bonds is 7. The predicted octanol–water partition coefficient (Wildman–Crippen LogP) is 2.84. The summed E-state index contributed by atoms with van der Waals surface area (Å²) in [5.41, 5.74) is 1.19. The van der Waals surface area contributed by atoms with Gasteiger partial charge in [0.1, 0.15) is 6.61 Å². The largest absolute Gasteiger partial charge is 0.493 e. The Morgan fingerprint density at radius 1 is 1.26 bits per heavy atom. The van der Waals surface area contributed by atoms with Crippen LogP contribution in [0.5, 0.6) is 11.5 Å². The molecule has 0 aromatic heterocycles. The van der Waals surface area contributed by atoms with Crippen LogP contribution in [0.1, 0.15) is 26.3 Å². The van der Waals surface area contributed by atoms with E-state index >= 15 is 0 Å². The number of nitrogens with one attached hydrogen (secondary N) is 1. The van der Waals surface area contributed by atoms with Crippen molar-refractivity contribution in [3.63, 3.8) is 0 Å². The van der Waals surface area contributed by atoms with Crippen LogP contribution >= 0.6 is 0 Å². The second kappa shape index (κ2) is 8.44. The number of hydrogen-bond donors (Lipinski definition) is 1. The molecule has 1 aromatic rings. The zero-order chi connectivity index (χ0) is 14.1. The molecule has 0 saturated carbocycles. The van der Waals surface area contributed by atoms with E-state index < -0.39 is 0 Å². The van der Waals surface area contributed by atoms with Gasteiger partial charge in [-0.05, 0) is 37.1 Å². The van der Waals surface area contributed by atoms with Crippen LogP contribution in [0.15, 0.2) is 18.2 Å². The molecule has 1 rings (SSSR count). The van der Waals surface area contributed by atoms with Crippen LogP contribution in [0.4, 0.5) is 0 Å². The van der Waals surface area contributed by atoms with Crippen LogP contribution in [0.2, 0.25) is 0 Å². The summed E-state index contributed by atoms with van der Waals surface area (Å²) in [5, 5.41) is 3.41. The van der Waals surface area contributed by atoms with E-state index in [4.69, 9.17) is 9.47 Å². The molecule has 0 fully saturated rings. The fourth-order valence-corrected chi connectivity index (χ4v) is 1.63. The summed E-state index contributed by atoms with van der Waals surface area (Å²) in [6.45, 7) is 8.41. The molecule has 0 aliphatic rings. The first-order valence-corrected chi connectivity index (χ1v) is 6.57. The Balaban J connectivity index is 2.63. The predicted molar refractivity (Wildman–Crippen MR) is 78.5 cm³/mol. The molecule has 0 heterocycles. The lowest BCUT2D eigenvalue weighted by Crippen LogP contribution is -2.18. The van der Waals surface area contributed by atoms with Crippen molar-refractivity contribution in [3.8, 4) is 23.3 Å². The monoisotopic (exact) mass is 261 g/mol. The Morgan fingerprint density at radius 2 is 2.05 bits per heavy atom. The molecule has 1 N–H and O–H groups in total. The fourth-order valence-electron chi connectivity index (χ4n) is 1.63. The third kappa shape index (κ3) is 5.67. The van der Waals surface area contributed by atoms with Crippen molar-refractivity contribution < 1.29 is 9.47 Å². The highest BCUT2D eigenvalue weighted by Gasteiger charge is 2.05. The van der Waals surface area contributed by atoms with E-state index in [0.29, 0.717) is 12.5 Å². The van der Waals surface area contributed by atoms with Gasteiger partial charge in [-0.25, -0.2) is 0 Å². The first kappa shape index (κ1) is 15.4. The number of methoxy groups -OCH3 is 1. The highest BCUT2D eigenvalue weighted by Crippen LogP contribution is 2.27. The number of hydrogen-bond acceptors (Lipinski definition) is 3. The van der Waals surface area contributed by atoms with Crippen LogP contribution in [-0.2, 0) is 6.54 Å². The van der Waals surface area contributed by atoms with Crippen LogP contribution in [0.3, 0.4) is 0 Å². The standard InChI is InChI=1S/C16H23NO2/c1-5-6-9-19-15-8-7-14(10-16(15)18-4)12-17-11-13(2)3/h7-8,10,13,17H,9,11-12H2,1-4H3. The molecule has 0 unspecified atom stereocenters. The van der Waals surface area contributed by atoms with Crippen molar-refractivity contribution in [1.82, 2.24) is 5.32 Å². The first-order chi connectivity index (χ1) is 9.17. The van der Waals surface area contributed by atoms with Crippen molar-refractivity contribution in [2.45, 2.75) is 27.3 Å². The van der Waals surface area contributed by atoms with Gasteiger partial charge in [0.2, 0.25) is 0 Å². The maximum atomic E-state index is 5.55. The minimum absolute atomic E-state index is 0.387. The highest BCUT2D eigenvalue weighted by molar-refractivity contribution is 5.43. The number of benzene rings is 1. The van der Waals surface area contributed by atoms with Gasteiger partial charge < -0.3 is 14.8 Å². The second-order valence-electron chi connectivity index (χ2n) is 4.73. The topological polar surface area (TPSA) is 30.5 Å². The van der Waals surface area contributed by atoms with Gasteiger partial charge in [0.15, 0.2) is 11.5 Å². The first-order valence-electron chi connectivity index (χ1n) is 6.57. The Hall–Kier alpha value is -1.66. The average molecular weight is 261 g/mol. The van der Waals surface area contributed by atoms with Crippen molar-refractivity contribution in [3.05, 3.63) is 23.8 Å². The third-order valence-corrected chi connectivity index (χ3v) is 2.59. The highest BCUT2D eigenvalue weighted by atomic mass is 16.5. The van der Waals surface area contributed by atoms with Gasteiger partial charge in [-0.1, -0.05) is 25.8 Å². The van der Waals surface area contributed by atoms with E-state index in [0.717, 1.165) is 24.6 Å². The fraction of sp³-hybridized carbons (Fsp3) is 0.500. The van der Waals surface area contributed by atoms with Crippen LogP contribution in [0, 0.1) is 17.8 Å². The minimum atomic E-state index is 0.387. The van der Waals surface area contributed by atoms with Crippen LogP contribution in [-0.4, -0.2) is 20.3 Å². The number of ether oxygens (including phenoxy) is 2. The molecule has 3 heteroatoms. The Labute approximate surface area is 116 Å². The van der Waals surface area contributed by atoms with E-state index in [1.54, 1.807) is 14.0 Å². The average Bonchev–Trinajstić information content (AvgIpc) is 2.39. The van der Waals surface area contributed by atoms with Crippen molar-refractivity contribution in [2.24, 2.45) is 5.92 Å². The zero-order valence-electron chi connectivity index (χ0n) is 12.2. The maximum absolute atomic E-state index is 5.55. The molecule has 1 aromatic carbocycles. The quantitative estimate of drug-likeness (QED) is 0.766. The van der Waals surface area contributed by atoms with Gasteiger partial charge in [0.25, 0.3) is 0 Å². The lowest BCUT2D eigenvalue weighted by Gasteiger charge is -2.12. The van der Waals surface area contributed by atoms with E-state index in [9.17, 15) is 0 Å². The third-order valence-electron chi connectivity index (χ3n) is 2.59. The lowest BCUT2D eigenvalue weighted by molar-refractivity contribution is 0.330. The molecule has 0 radical (unpaired) electrons. The molecular weight excluding hydrogens is 238 g/mol. The molecule has 0 spiro atoms. The summed E-state index contributed by atoms with van der Waals surface area (Å²) in [5.74, 6) is 7.80. The molecule has 104 valence electrons. The molecule has 19 heavy (non-hydrogen) atoms. The van der Waals surface area contributed by atoms with Crippen LogP contribution in [0.25, 0.3) is 0 Å². The molecule has 3 nitrogen and oxygen atoms in total. The smallest absolute Gasteiger partial charge is 0.162 e. The Kier molecular flexibility index (Phi) is 6.84. The van der Waals surface area contributed by atoms with Gasteiger partial charge in [0, 0.05) is 6.54 Å². The molecular formula is C16H23NO2. The SMILES string of the molecule is CC#CCOc1ccc(CNCC(C)C)cc1OC. The van der Waals surface area contributed by atoms with Gasteiger partial charge in [-0.2, -0.15) is 0 Å². The Bertz CT molecular complexity index is 444. The van der Waals surface area contributed by atoms with E-state index in [1.165, 1.54) is 5.56 Å². The van der Waals surface area contributed by atoms with Gasteiger partial charge >= 0.3 is 0 Å². The van der Waals surface area contributed by atoms with Gasteiger partial charge in [0.05, 0.1) is 7.11 Å². The van der Waals surface area contributed by atoms with Crippen LogP contribution < -0.4 is 14.8 Å². The molecule has 0 aliphatic heterocycles. The van der Waals surface area contributed by atoms with E-state index in [2.05, 4.69) is 31.0 Å². The zero-order valence-corrected chi connectivity index (χ0v) is 12.2. The molecule has 0 aliphatic carbocycles. The maximum Gasteiger partial charge on any atom is 0.162 e. The van der Waals surface area contributed by atoms with Crippen molar-refractivity contribution in [2.75, 3.05) is 20.3 Å². The molecule has 0 amide bonds. The molecule has 0 atom stereocenters. The van der Waals surface area contributed by atoms with Crippen molar-refractivity contribution in [1.29, 1.82) is 0 Å². The summed E-state index contributed by atoms with van der Waals surface area (Å²) in [6.07, 6.45) is 0. The molecule has 0 saturated heterocycles. The summed E-state index contributed by atoms with van der Waals surface area (Å²) < 4.78 is 10.9. The summed E-state index contributed by atoms with van der Waals surface area (Å²) >= 11 is 0. The summed E-state index contributed by atoms with van der Waals surface area (Å²) in [6, 6.07) is 5.98. The molecule has 0 bridgehead atoms. The van der Waals surface area contributed by atoms with Gasteiger partial charge in [-0.3, -0.25) is 0 Å². The Morgan fingerprint density at radius 3 is 2.68 bits per heavy atom. The van der Waals surface area contributed by atoms with Gasteiger partial charge in [-0.15, -0.1) is 5.92 Å². The second-order valence-corrected chi connectivity index (χ2v) is 4.73. The normalized spacial score (nSPS) is 9.95. The summed E-state index contributed by atoms with van der Waals surface area (Å²) in [7, 11) is 1.65.